The van der Waals surface area contributed by atoms with E-state index < -0.39 is 0 Å². The maximum absolute atomic E-state index is 13.5. The number of hydrogen-bond acceptors (Lipinski definition) is 2. The molecule has 3 heteroatoms. The highest BCUT2D eigenvalue weighted by Crippen LogP contribution is 2.26. The van der Waals surface area contributed by atoms with E-state index in [1.165, 1.54) is 6.07 Å². The number of ether oxygens (including phenoxy) is 1. The number of hydrogen-bond donors (Lipinski definition) is 0. The van der Waals surface area contributed by atoms with Crippen molar-refractivity contribution in [1.82, 2.24) is 4.98 Å². The van der Waals surface area contributed by atoms with Gasteiger partial charge in [0.15, 0.2) is 0 Å². The van der Waals surface area contributed by atoms with Gasteiger partial charge in [0.2, 0.25) is 0 Å². The van der Waals surface area contributed by atoms with E-state index in [1.54, 1.807) is 18.3 Å². The van der Waals surface area contributed by atoms with E-state index in [4.69, 9.17) is 4.74 Å². The largest absolute Gasteiger partial charge is 0.456 e. The number of rotatable bonds is 3. The summed E-state index contributed by atoms with van der Waals surface area (Å²) >= 11 is 0. The molecule has 0 aliphatic carbocycles. The highest BCUT2D eigenvalue weighted by molar-refractivity contribution is 5.35. The number of pyridine rings is 1. The maximum atomic E-state index is 13.5. The molecule has 0 saturated heterocycles. The predicted molar refractivity (Wildman–Crippen MR) is 69.5 cm³/mol. The van der Waals surface area contributed by atoms with Gasteiger partial charge in [-0.2, -0.15) is 0 Å². The van der Waals surface area contributed by atoms with Crippen molar-refractivity contribution >= 4 is 0 Å². The number of nitrogens with zero attached hydrogens (tertiary/aromatic N) is 1. The topological polar surface area (TPSA) is 22.1 Å². The molecule has 1 heterocycles. The molecule has 0 atom stereocenters. The van der Waals surface area contributed by atoms with E-state index in [1.807, 2.05) is 32.9 Å². The number of aromatic nitrogens is 1. The van der Waals surface area contributed by atoms with Gasteiger partial charge >= 0.3 is 0 Å². The summed E-state index contributed by atoms with van der Waals surface area (Å²) in [4.78, 5) is 4.15. The molecule has 0 radical (unpaired) electrons. The van der Waals surface area contributed by atoms with Gasteiger partial charge in [-0.05, 0) is 48.7 Å². The highest BCUT2D eigenvalue weighted by Gasteiger charge is 2.08. The van der Waals surface area contributed by atoms with E-state index in [9.17, 15) is 4.39 Å². The Kier molecular flexibility index (Phi) is 3.60. The number of halogens is 1. The van der Waals surface area contributed by atoms with Crippen molar-refractivity contribution in [2.24, 2.45) is 0 Å². The van der Waals surface area contributed by atoms with Gasteiger partial charge in [-0.1, -0.05) is 13.8 Å². The van der Waals surface area contributed by atoms with Crippen molar-refractivity contribution in [3.05, 3.63) is 53.6 Å². The Balaban J connectivity index is 2.24. The third-order valence-corrected chi connectivity index (χ3v) is 2.71. The first kappa shape index (κ1) is 12.6. The van der Waals surface area contributed by atoms with Gasteiger partial charge < -0.3 is 4.74 Å². The zero-order valence-corrected chi connectivity index (χ0v) is 10.8. The van der Waals surface area contributed by atoms with Crippen molar-refractivity contribution in [3.63, 3.8) is 0 Å². The molecule has 0 aliphatic rings. The second-order valence-corrected chi connectivity index (χ2v) is 4.58. The Morgan fingerprint density at radius 3 is 2.44 bits per heavy atom. The standard InChI is InChI=1S/C15H16FNO/c1-10(2)14-8-12(6-7-15(14)16)18-13-5-4-11(3)17-9-13/h4-10H,1-3H3. The third kappa shape index (κ3) is 2.86. The van der Waals surface area contributed by atoms with Crippen LogP contribution < -0.4 is 4.74 Å². The molecule has 2 aromatic rings. The van der Waals surface area contributed by atoms with Gasteiger partial charge in [0.05, 0.1) is 6.20 Å². The first-order valence-electron chi connectivity index (χ1n) is 5.96. The van der Waals surface area contributed by atoms with Gasteiger partial charge in [0.25, 0.3) is 0 Å². The van der Waals surface area contributed by atoms with Crippen molar-refractivity contribution in [3.8, 4) is 11.5 Å². The molecule has 0 aliphatic heterocycles. The lowest BCUT2D eigenvalue weighted by atomic mass is 10.0. The van der Waals surface area contributed by atoms with E-state index in [0.717, 1.165) is 5.69 Å². The Morgan fingerprint density at radius 2 is 1.83 bits per heavy atom. The lowest BCUT2D eigenvalue weighted by Crippen LogP contribution is -1.94. The minimum absolute atomic E-state index is 0.129. The first-order chi connectivity index (χ1) is 8.56. The zero-order valence-electron chi connectivity index (χ0n) is 10.8. The molecule has 0 fully saturated rings. The smallest absolute Gasteiger partial charge is 0.145 e. The fourth-order valence-corrected chi connectivity index (χ4v) is 1.68. The average molecular weight is 245 g/mol. The van der Waals surface area contributed by atoms with Crippen LogP contribution in [0.25, 0.3) is 0 Å². The van der Waals surface area contributed by atoms with Crippen LogP contribution in [0.1, 0.15) is 31.0 Å². The fraction of sp³-hybridized carbons (Fsp3) is 0.267. The van der Waals surface area contributed by atoms with Crippen LogP contribution in [0, 0.1) is 12.7 Å². The summed E-state index contributed by atoms with van der Waals surface area (Å²) < 4.78 is 19.2. The molecule has 1 aromatic carbocycles. The van der Waals surface area contributed by atoms with E-state index in [2.05, 4.69) is 4.98 Å². The monoisotopic (exact) mass is 245 g/mol. The van der Waals surface area contributed by atoms with E-state index in [-0.39, 0.29) is 11.7 Å². The van der Waals surface area contributed by atoms with Gasteiger partial charge in [0, 0.05) is 5.69 Å². The summed E-state index contributed by atoms with van der Waals surface area (Å²) in [5.41, 5.74) is 1.59. The number of benzene rings is 1. The van der Waals surface area contributed by atoms with Gasteiger partial charge in [0.1, 0.15) is 17.3 Å². The zero-order chi connectivity index (χ0) is 13.1. The molecule has 94 valence electrons. The molecule has 0 spiro atoms. The van der Waals surface area contributed by atoms with Crippen LogP contribution >= 0.6 is 0 Å². The van der Waals surface area contributed by atoms with Crippen LogP contribution in [-0.2, 0) is 0 Å². The van der Waals surface area contributed by atoms with Gasteiger partial charge in [-0.3, -0.25) is 4.98 Å². The quantitative estimate of drug-likeness (QED) is 0.797. The van der Waals surface area contributed by atoms with Crippen LogP contribution in [-0.4, -0.2) is 4.98 Å². The summed E-state index contributed by atoms with van der Waals surface area (Å²) in [6, 6.07) is 8.52. The molecule has 1 aromatic heterocycles. The second-order valence-electron chi connectivity index (χ2n) is 4.58. The van der Waals surface area contributed by atoms with Crippen LogP contribution in [0.2, 0.25) is 0 Å². The predicted octanol–water partition coefficient (Wildman–Crippen LogP) is 4.44. The van der Waals surface area contributed by atoms with Crippen LogP contribution in [0.5, 0.6) is 11.5 Å². The van der Waals surface area contributed by atoms with Crippen molar-refractivity contribution in [2.45, 2.75) is 26.7 Å². The second kappa shape index (κ2) is 5.17. The van der Waals surface area contributed by atoms with E-state index in [0.29, 0.717) is 17.1 Å². The van der Waals surface area contributed by atoms with Crippen molar-refractivity contribution < 1.29 is 9.13 Å². The summed E-state index contributed by atoms with van der Waals surface area (Å²) in [5, 5.41) is 0. The Hall–Kier alpha value is -1.90. The van der Waals surface area contributed by atoms with Gasteiger partial charge in [-0.15, -0.1) is 0 Å². The third-order valence-electron chi connectivity index (χ3n) is 2.71. The normalized spacial score (nSPS) is 10.7. The minimum atomic E-state index is -0.195. The van der Waals surface area contributed by atoms with Crippen LogP contribution in [0.15, 0.2) is 36.5 Å². The molecular formula is C15H16FNO. The summed E-state index contributed by atoms with van der Waals surface area (Å²) in [7, 11) is 0. The molecule has 0 bridgehead atoms. The van der Waals surface area contributed by atoms with E-state index >= 15 is 0 Å². The molecule has 0 saturated carbocycles. The first-order valence-corrected chi connectivity index (χ1v) is 5.96. The highest BCUT2D eigenvalue weighted by atomic mass is 19.1. The molecule has 0 amide bonds. The summed E-state index contributed by atoms with van der Waals surface area (Å²) in [6.45, 7) is 5.82. The molecule has 18 heavy (non-hydrogen) atoms. The van der Waals surface area contributed by atoms with Gasteiger partial charge in [-0.25, -0.2) is 4.39 Å². The fourth-order valence-electron chi connectivity index (χ4n) is 1.68. The van der Waals surface area contributed by atoms with Crippen LogP contribution in [0.3, 0.4) is 0 Å². The summed E-state index contributed by atoms with van der Waals surface area (Å²) in [6.07, 6.45) is 1.66. The molecule has 2 nitrogen and oxygen atoms in total. The Labute approximate surface area is 106 Å². The Bertz CT molecular complexity index is 535. The molecule has 0 unspecified atom stereocenters. The summed E-state index contributed by atoms with van der Waals surface area (Å²) in [5.74, 6) is 1.22. The lowest BCUT2D eigenvalue weighted by molar-refractivity contribution is 0.475. The minimum Gasteiger partial charge on any atom is -0.456 e. The average Bonchev–Trinajstić information content (AvgIpc) is 2.34. The van der Waals surface area contributed by atoms with Crippen LogP contribution in [0.4, 0.5) is 4.39 Å². The lowest BCUT2D eigenvalue weighted by Gasteiger charge is -2.10. The maximum Gasteiger partial charge on any atom is 0.145 e. The SMILES string of the molecule is Cc1ccc(Oc2ccc(F)c(C(C)C)c2)cn1. The molecule has 0 N–H and O–H groups in total. The van der Waals surface area contributed by atoms with Crippen molar-refractivity contribution in [2.75, 3.05) is 0 Å². The molecular weight excluding hydrogens is 229 g/mol. The number of aryl methyl sites for hydroxylation is 1. The van der Waals surface area contributed by atoms with Crippen molar-refractivity contribution in [1.29, 1.82) is 0 Å². The molecule has 2 rings (SSSR count). The Morgan fingerprint density at radius 1 is 1.11 bits per heavy atom.